The molecule has 1 aromatic rings. The average molecular weight is 220 g/mol. The van der Waals surface area contributed by atoms with Crippen LogP contribution >= 0.6 is 0 Å². The lowest BCUT2D eigenvalue weighted by atomic mass is 10.1. The van der Waals surface area contributed by atoms with Crippen LogP contribution < -0.4 is 5.73 Å². The monoisotopic (exact) mass is 220 g/mol. The van der Waals surface area contributed by atoms with Crippen molar-refractivity contribution in [3.63, 3.8) is 0 Å². The molecule has 4 heteroatoms. The summed E-state index contributed by atoms with van der Waals surface area (Å²) >= 11 is 0. The molecule has 0 spiro atoms. The van der Waals surface area contributed by atoms with Crippen LogP contribution in [0.25, 0.3) is 0 Å². The molecular formula is C12H16N2O2. The topological polar surface area (TPSA) is 66.6 Å². The molecule has 1 aliphatic heterocycles. The molecule has 1 aliphatic rings. The molecule has 0 radical (unpaired) electrons. The second kappa shape index (κ2) is 4.14. The normalized spacial score (nSPS) is 20.1. The number of benzene rings is 1. The predicted octanol–water partition coefficient (Wildman–Crippen LogP) is 0.784. The second-order valence-corrected chi connectivity index (χ2v) is 4.27. The van der Waals surface area contributed by atoms with Crippen molar-refractivity contribution in [1.82, 2.24) is 4.90 Å². The van der Waals surface area contributed by atoms with E-state index in [1.54, 1.807) is 17.0 Å². The molecule has 1 atom stereocenters. The van der Waals surface area contributed by atoms with Crippen LogP contribution in [-0.4, -0.2) is 35.1 Å². The van der Waals surface area contributed by atoms with Gasteiger partial charge in [-0.2, -0.15) is 0 Å². The number of aryl methyl sites for hydroxylation is 1. The van der Waals surface area contributed by atoms with Crippen LogP contribution in [0.3, 0.4) is 0 Å². The van der Waals surface area contributed by atoms with Gasteiger partial charge in [0.05, 0.1) is 6.10 Å². The fourth-order valence-corrected chi connectivity index (χ4v) is 1.88. The maximum atomic E-state index is 12.0. The molecule has 1 amide bonds. The average Bonchev–Trinajstić information content (AvgIpc) is 2.68. The number of aliphatic hydroxyl groups is 1. The maximum absolute atomic E-state index is 12.0. The summed E-state index contributed by atoms with van der Waals surface area (Å²) < 4.78 is 0. The van der Waals surface area contributed by atoms with Gasteiger partial charge in [-0.3, -0.25) is 4.79 Å². The Kier molecular flexibility index (Phi) is 2.83. The van der Waals surface area contributed by atoms with Crippen molar-refractivity contribution in [3.8, 4) is 0 Å². The second-order valence-electron chi connectivity index (χ2n) is 4.27. The van der Waals surface area contributed by atoms with Gasteiger partial charge >= 0.3 is 0 Å². The zero-order valence-electron chi connectivity index (χ0n) is 9.31. The number of aliphatic hydroxyl groups excluding tert-OH is 1. The molecular weight excluding hydrogens is 204 g/mol. The fraction of sp³-hybridized carbons (Fsp3) is 0.417. The van der Waals surface area contributed by atoms with Crippen LogP contribution in [0.4, 0.5) is 5.69 Å². The molecule has 0 aliphatic carbocycles. The minimum absolute atomic E-state index is 0.0525. The highest BCUT2D eigenvalue weighted by Crippen LogP contribution is 2.17. The molecule has 0 aromatic heterocycles. The summed E-state index contributed by atoms with van der Waals surface area (Å²) in [4.78, 5) is 13.7. The lowest BCUT2D eigenvalue weighted by molar-refractivity contribution is 0.0765. The molecule has 1 unspecified atom stereocenters. The van der Waals surface area contributed by atoms with E-state index in [1.165, 1.54) is 0 Å². The van der Waals surface area contributed by atoms with Gasteiger partial charge < -0.3 is 15.7 Å². The summed E-state index contributed by atoms with van der Waals surface area (Å²) in [6.45, 7) is 2.95. The Balaban J connectivity index is 2.18. The summed E-state index contributed by atoms with van der Waals surface area (Å²) in [7, 11) is 0. The quantitative estimate of drug-likeness (QED) is 0.687. The van der Waals surface area contributed by atoms with Gasteiger partial charge in [0, 0.05) is 24.3 Å². The SMILES string of the molecule is Cc1ccc(C(=O)N2CCC(O)C2)cc1N. The molecule has 1 heterocycles. The van der Waals surface area contributed by atoms with Gasteiger partial charge in [-0.25, -0.2) is 0 Å². The Morgan fingerprint density at radius 2 is 2.31 bits per heavy atom. The number of hydrogen-bond acceptors (Lipinski definition) is 3. The number of amides is 1. The highest BCUT2D eigenvalue weighted by Gasteiger charge is 2.25. The van der Waals surface area contributed by atoms with Crippen molar-refractivity contribution >= 4 is 11.6 Å². The van der Waals surface area contributed by atoms with Crippen molar-refractivity contribution in [3.05, 3.63) is 29.3 Å². The molecule has 0 saturated carbocycles. The van der Waals surface area contributed by atoms with E-state index >= 15 is 0 Å². The van der Waals surface area contributed by atoms with Crippen LogP contribution in [0, 0.1) is 6.92 Å². The van der Waals surface area contributed by atoms with E-state index in [2.05, 4.69) is 0 Å². The van der Waals surface area contributed by atoms with E-state index < -0.39 is 0 Å². The van der Waals surface area contributed by atoms with E-state index in [0.717, 1.165) is 5.56 Å². The number of nitrogens with zero attached hydrogens (tertiary/aromatic N) is 1. The van der Waals surface area contributed by atoms with Crippen molar-refractivity contribution < 1.29 is 9.90 Å². The first-order valence-corrected chi connectivity index (χ1v) is 5.41. The van der Waals surface area contributed by atoms with Crippen molar-refractivity contribution in [2.45, 2.75) is 19.4 Å². The maximum Gasteiger partial charge on any atom is 0.254 e. The first kappa shape index (κ1) is 11.0. The highest BCUT2D eigenvalue weighted by atomic mass is 16.3. The van der Waals surface area contributed by atoms with Crippen LogP contribution in [0.2, 0.25) is 0 Å². The minimum Gasteiger partial charge on any atom is -0.398 e. The Hall–Kier alpha value is -1.55. The number of hydrogen-bond donors (Lipinski definition) is 2. The van der Waals surface area contributed by atoms with Gasteiger partial charge in [-0.05, 0) is 31.0 Å². The Labute approximate surface area is 94.7 Å². The van der Waals surface area contributed by atoms with Crippen molar-refractivity contribution in [2.24, 2.45) is 0 Å². The van der Waals surface area contributed by atoms with Crippen LogP contribution in [0.15, 0.2) is 18.2 Å². The molecule has 1 saturated heterocycles. The molecule has 86 valence electrons. The van der Waals surface area contributed by atoms with E-state index in [-0.39, 0.29) is 12.0 Å². The zero-order valence-corrected chi connectivity index (χ0v) is 9.31. The molecule has 1 aromatic carbocycles. The van der Waals surface area contributed by atoms with E-state index in [1.807, 2.05) is 13.0 Å². The third-order valence-corrected chi connectivity index (χ3v) is 2.98. The summed E-state index contributed by atoms with van der Waals surface area (Å²) in [6.07, 6.45) is 0.277. The van der Waals surface area contributed by atoms with Gasteiger partial charge in [0.25, 0.3) is 5.91 Å². The predicted molar refractivity (Wildman–Crippen MR) is 62.1 cm³/mol. The number of likely N-dealkylation sites (tertiary alicyclic amines) is 1. The van der Waals surface area contributed by atoms with E-state index in [0.29, 0.717) is 30.8 Å². The van der Waals surface area contributed by atoms with Gasteiger partial charge in [0.2, 0.25) is 0 Å². The number of anilines is 1. The van der Waals surface area contributed by atoms with Crippen molar-refractivity contribution in [1.29, 1.82) is 0 Å². The van der Waals surface area contributed by atoms with Gasteiger partial charge in [-0.15, -0.1) is 0 Å². The van der Waals surface area contributed by atoms with Gasteiger partial charge in [0.1, 0.15) is 0 Å². The summed E-state index contributed by atoms with van der Waals surface area (Å²) in [5, 5.41) is 9.38. The summed E-state index contributed by atoms with van der Waals surface area (Å²) in [5.74, 6) is -0.0525. The van der Waals surface area contributed by atoms with Crippen LogP contribution in [-0.2, 0) is 0 Å². The first-order valence-electron chi connectivity index (χ1n) is 5.41. The summed E-state index contributed by atoms with van der Waals surface area (Å²) in [6, 6.07) is 5.32. The summed E-state index contributed by atoms with van der Waals surface area (Å²) in [5.41, 5.74) is 7.96. The van der Waals surface area contributed by atoms with Crippen LogP contribution in [0.1, 0.15) is 22.3 Å². The van der Waals surface area contributed by atoms with Gasteiger partial charge in [-0.1, -0.05) is 6.07 Å². The number of β-amino-alcohol motifs (C(OH)–C–C–N with tert-alkyl or cyclic N) is 1. The molecule has 1 fully saturated rings. The van der Waals surface area contributed by atoms with Gasteiger partial charge in [0.15, 0.2) is 0 Å². The Bertz CT molecular complexity index is 417. The number of nitrogen functional groups attached to an aromatic ring is 1. The first-order chi connectivity index (χ1) is 7.58. The number of carbonyl (C=O) groups is 1. The van der Waals surface area contributed by atoms with Crippen molar-refractivity contribution in [2.75, 3.05) is 18.8 Å². The standard InChI is InChI=1S/C12H16N2O2/c1-8-2-3-9(6-11(8)13)12(16)14-5-4-10(15)7-14/h2-3,6,10,15H,4-5,7,13H2,1H3. The zero-order chi connectivity index (χ0) is 11.7. The van der Waals surface area contributed by atoms with E-state index in [4.69, 9.17) is 5.73 Å². The third-order valence-electron chi connectivity index (χ3n) is 2.98. The highest BCUT2D eigenvalue weighted by molar-refractivity contribution is 5.95. The number of rotatable bonds is 1. The minimum atomic E-state index is -0.383. The smallest absolute Gasteiger partial charge is 0.254 e. The molecule has 3 N–H and O–H groups in total. The number of carbonyl (C=O) groups excluding carboxylic acids is 1. The number of nitrogens with two attached hydrogens (primary N) is 1. The molecule has 4 nitrogen and oxygen atoms in total. The van der Waals surface area contributed by atoms with Crippen LogP contribution in [0.5, 0.6) is 0 Å². The molecule has 2 rings (SSSR count). The molecule has 16 heavy (non-hydrogen) atoms. The largest absolute Gasteiger partial charge is 0.398 e. The lowest BCUT2D eigenvalue weighted by Gasteiger charge is -2.16. The molecule has 0 bridgehead atoms. The van der Waals surface area contributed by atoms with E-state index in [9.17, 15) is 9.90 Å². The lowest BCUT2D eigenvalue weighted by Crippen LogP contribution is -2.29. The Morgan fingerprint density at radius 3 is 2.88 bits per heavy atom. The fourth-order valence-electron chi connectivity index (χ4n) is 1.88. The third kappa shape index (κ3) is 2.02. The Morgan fingerprint density at radius 1 is 1.56 bits per heavy atom.